The molecule has 0 aliphatic carbocycles. The highest BCUT2D eigenvalue weighted by molar-refractivity contribution is 5.63. The average molecular weight is 264 g/mol. The second-order valence-corrected chi connectivity index (χ2v) is 4.81. The first kappa shape index (κ1) is 12.7. The maximum absolute atomic E-state index is 11.5. The Bertz CT molecular complexity index is 591. The first-order valence-electron chi connectivity index (χ1n) is 6.73. The van der Waals surface area contributed by atoms with Crippen LogP contribution in [-0.4, -0.2) is 19.0 Å². The molecule has 1 fully saturated rings. The Hall–Kier alpha value is -2.35. The van der Waals surface area contributed by atoms with Crippen LogP contribution in [0.25, 0.3) is 0 Å². The Labute approximate surface area is 118 Å². The third-order valence-electron chi connectivity index (χ3n) is 3.71. The molecule has 0 spiro atoms. The van der Waals surface area contributed by atoms with Crippen LogP contribution in [-0.2, 0) is 10.3 Å². The van der Waals surface area contributed by atoms with E-state index in [1.54, 1.807) is 0 Å². The molecule has 0 radical (unpaired) electrons. The van der Waals surface area contributed by atoms with Crippen molar-refractivity contribution in [3.63, 3.8) is 0 Å². The second kappa shape index (κ2) is 5.33. The Morgan fingerprint density at radius 1 is 0.850 bits per heavy atom. The van der Waals surface area contributed by atoms with Gasteiger partial charge in [-0.3, -0.25) is 5.32 Å². The quantitative estimate of drug-likeness (QED) is 0.813. The van der Waals surface area contributed by atoms with E-state index in [-0.39, 0.29) is 0 Å². The molecule has 3 heteroatoms. The molecule has 0 bridgehead atoms. The number of hydrogen-bond donors (Lipinski definition) is 2. The molecule has 0 unspecified atom stereocenters. The highest BCUT2D eigenvalue weighted by Gasteiger charge is 2.40. The average Bonchev–Trinajstić information content (AvgIpc) is 2.56. The minimum absolute atomic E-state index is 0.543. The predicted molar refractivity (Wildman–Crippen MR) is 78.9 cm³/mol. The minimum Gasteiger partial charge on any atom is -0.376 e. The fourth-order valence-corrected chi connectivity index (χ4v) is 2.81. The van der Waals surface area contributed by atoms with Gasteiger partial charge >= 0.3 is 0 Å². The number of benzene rings is 2. The van der Waals surface area contributed by atoms with Gasteiger partial charge in [-0.15, -0.1) is 0 Å². The van der Waals surface area contributed by atoms with Crippen LogP contribution in [0.3, 0.4) is 0 Å². The summed E-state index contributed by atoms with van der Waals surface area (Å²) in [6.45, 7) is 1.51. The summed E-state index contributed by atoms with van der Waals surface area (Å²) in [5.74, 6) is 2.08. The van der Waals surface area contributed by atoms with E-state index < -0.39 is 5.54 Å². The van der Waals surface area contributed by atoms with Crippen molar-refractivity contribution in [1.82, 2.24) is 10.6 Å². The molecule has 2 N–H and O–H groups in total. The molecule has 0 aromatic heterocycles. The Morgan fingerprint density at radius 3 is 1.90 bits per heavy atom. The molecular weight excluding hydrogens is 248 g/mol. The number of hydrogen-bond acceptors (Lipinski definition) is 3. The Morgan fingerprint density at radius 2 is 1.40 bits per heavy atom. The summed E-state index contributed by atoms with van der Waals surface area (Å²) >= 11 is 0. The van der Waals surface area contributed by atoms with Gasteiger partial charge in [0.15, 0.2) is 0 Å². The van der Waals surface area contributed by atoms with Gasteiger partial charge in [0.1, 0.15) is 17.2 Å². The summed E-state index contributed by atoms with van der Waals surface area (Å²) in [5, 5.41) is 6.69. The van der Waals surface area contributed by atoms with Crippen molar-refractivity contribution in [2.45, 2.75) is 5.54 Å². The molecule has 0 amide bonds. The summed E-state index contributed by atoms with van der Waals surface area (Å²) in [7, 11) is 0. The van der Waals surface area contributed by atoms with Crippen LogP contribution in [0.15, 0.2) is 66.4 Å². The van der Waals surface area contributed by atoms with Crippen LogP contribution < -0.4 is 10.6 Å². The summed E-state index contributed by atoms with van der Waals surface area (Å²) in [4.78, 5) is 11.5. The largest absolute Gasteiger partial charge is 0.376 e. The topological polar surface area (TPSA) is 41.1 Å². The Kier molecular flexibility index (Phi) is 3.38. The first-order chi connectivity index (χ1) is 9.88. The molecule has 0 atom stereocenters. The molecule has 1 aliphatic heterocycles. The minimum atomic E-state index is -0.636. The lowest BCUT2D eigenvalue weighted by Crippen LogP contribution is -2.56. The molecule has 2 aromatic rings. The van der Waals surface area contributed by atoms with Gasteiger partial charge in [0.25, 0.3) is 0 Å². The van der Waals surface area contributed by atoms with E-state index in [9.17, 15) is 4.79 Å². The van der Waals surface area contributed by atoms with Crippen molar-refractivity contribution < 1.29 is 4.79 Å². The molecule has 1 heterocycles. The van der Waals surface area contributed by atoms with Crippen LogP contribution in [0.4, 0.5) is 0 Å². The van der Waals surface area contributed by atoms with Gasteiger partial charge in [0.2, 0.25) is 0 Å². The lowest BCUT2D eigenvalue weighted by molar-refractivity contribution is 0.392. The molecule has 3 rings (SSSR count). The van der Waals surface area contributed by atoms with Crippen molar-refractivity contribution in [1.29, 1.82) is 0 Å². The Balaban J connectivity index is 2.25. The van der Waals surface area contributed by atoms with Crippen molar-refractivity contribution in [3.8, 4) is 0 Å². The lowest BCUT2D eigenvalue weighted by Gasteiger charge is -2.40. The van der Waals surface area contributed by atoms with E-state index in [2.05, 4.69) is 16.6 Å². The zero-order chi connectivity index (χ0) is 13.8. The van der Waals surface area contributed by atoms with E-state index in [0.717, 1.165) is 24.2 Å². The molecule has 20 heavy (non-hydrogen) atoms. The van der Waals surface area contributed by atoms with E-state index in [1.165, 1.54) is 0 Å². The van der Waals surface area contributed by atoms with Gasteiger partial charge in [-0.25, -0.2) is 4.79 Å². The van der Waals surface area contributed by atoms with E-state index in [4.69, 9.17) is 0 Å². The van der Waals surface area contributed by atoms with Crippen LogP contribution >= 0.6 is 0 Å². The van der Waals surface area contributed by atoms with Gasteiger partial charge in [-0.2, -0.15) is 0 Å². The third-order valence-corrected chi connectivity index (χ3v) is 3.71. The summed E-state index contributed by atoms with van der Waals surface area (Å²) in [6, 6.07) is 20.0. The molecule has 1 aliphatic rings. The third kappa shape index (κ3) is 1.94. The molecular formula is C17H16N2O. The zero-order valence-electron chi connectivity index (χ0n) is 11.1. The van der Waals surface area contributed by atoms with Crippen molar-refractivity contribution in [2.75, 3.05) is 13.1 Å². The molecule has 1 saturated heterocycles. The first-order valence-corrected chi connectivity index (χ1v) is 6.73. The number of nitrogens with one attached hydrogen (secondary N) is 2. The molecule has 0 saturated carbocycles. The van der Waals surface area contributed by atoms with Crippen LogP contribution in [0.2, 0.25) is 0 Å². The fourth-order valence-electron chi connectivity index (χ4n) is 2.81. The lowest BCUT2D eigenvalue weighted by atomic mass is 9.79. The molecule has 2 aromatic carbocycles. The van der Waals surface area contributed by atoms with Gasteiger partial charge < -0.3 is 5.32 Å². The van der Waals surface area contributed by atoms with Crippen LogP contribution in [0.1, 0.15) is 11.1 Å². The van der Waals surface area contributed by atoms with Crippen molar-refractivity contribution in [2.24, 2.45) is 0 Å². The van der Waals surface area contributed by atoms with Crippen LogP contribution in [0, 0.1) is 0 Å². The number of rotatable bonds is 2. The second-order valence-electron chi connectivity index (χ2n) is 4.81. The normalized spacial score (nSPS) is 17.1. The molecule has 3 nitrogen and oxygen atoms in total. The molecule has 100 valence electrons. The van der Waals surface area contributed by atoms with Gasteiger partial charge in [0.05, 0.1) is 0 Å². The van der Waals surface area contributed by atoms with Gasteiger partial charge in [0, 0.05) is 13.1 Å². The summed E-state index contributed by atoms with van der Waals surface area (Å²) in [5.41, 5.74) is 1.98. The maximum Gasteiger partial charge on any atom is 0.148 e. The van der Waals surface area contributed by atoms with Crippen molar-refractivity contribution in [3.05, 3.63) is 77.5 Å². The standard InChI is InChI=1S/C17H16N2O/c20-13-16-17(19-12-11-18-16,14-7-3-1-4-8-14)15-9-5-2-6-10-15/h1-10,18-19H,11-12H2. The summed E-state index contributed by atoms with van der Waals surface area (Å²) < 4.78 is 0. The monoisotopic (exact) mass is 264 g/mol. The smallest absolute Gasteiger partial charge is 0.148 e. The van der Waals surface area contributed by atoms with Crippen LogP contribution in [0.5, 0.6) is 0 Å². The van der Waals surface area contributed by atoms with E-state index in [0.29, 0.717) is 5.70 Å². The SMILES string of the molecule is O=C=C1NCCNC1(c1ccccc1)c1ccccc1. The van der Waals surface area contributed by atoms with E-state index in [1.807, 2.05) is 60.7 Å². The van der Waals surface area contributed by atoms with E-state index >= 15 is 0 Å². The maximum atomic E-state index is 11.5. The van der Waals surface area contributed by atoms with Gasteiger partial charge in [-0.1, -0.05) is 60.7 Å². The van der Waals surface area contributed by atoms with Crippen molar-refractivity contribution >= 4 is 5.94 Å². The highest BCUT2D eigenvalue weighted by atomic mass is 16.1. The fraction of sp³-hybridized carbons (Fsp3) is 0.176. The van der Waals surface area contributed by atoms with Gasteiger partial charge in [-0.05, 0) is 11.1 Å². The highest BCUT2D eigenvalue weighted by Crippen LogP contribution is 2.35. The number of carbonyl (C=O) groups excluding carboxylic acids is 1. The zero-order valence-corrected chi connectivity index (χ0v) is 11.1. The number of piperazine rings is 1. The predicted octanol–water partition coefficient (Wildman–Crippen LogP) is 1.84. The summed E-state index contributed by atoms with van der Waals surface area (Å²) in [6.07, 6.45) is 0.